The van der Waals surface area contributed by atoms with E-state index < -0.39 is 17.6 Å². The third-order valence-electron chi connectivity index (χ3n) is 3.00. The first-order valence-electron chi connectivity index (χ1n) is 6.37. The first kappa shape index (κ1) is 15.3. The Morgan fingerprint density at radius 1 is 1.14 bits per heavy atom. The van der Waals surface area contributed by atoms with E-state index in [9.17, 15) is 18.0 Å². The van der Waals surface area contributed by atoms with Crippen molar-refractivity contribution in [1.29, 1.82) is 0 Å². The first-order chi connectivity index (χ1) is 9.59. The van der Waals surface area contributed by atoms with Crippen LogP contribution in [0.1, 0.15) is 42.4 Å². The van der Waals surface area contributed by atoms with E-state index in [-0.39, 0.29) is 11.0 Å². The molecule has 0 aliphatic heterocycles. The van der Waals surface area contributed by atoms with Gasteiger partial charge in [-0.25, -0.2) is 4.68 Å². The zero-order chi connectivity index (χ0) is 15.8. The van der Waals surface area contributed by atoms with Gasteiger partial charge >= 0.3 is 6.18 Å². The molecule has 0 saturated carbocycles. The molecule has 1 aromatic heterocycles. The Balaban J connectivity index is 2.35. The SMILES string of the molecule is CC(C)(C)c1ccn(C(=O)c2cccc(C(F)(F)F)c2)n1. The highest BCUT2D eigenvalue weighted by atomic mass is 19.4. The van der Waals surface area contributed by atoms with Gasteiger partial charge in [0.15, 0.2) is 0 Å². The summed E-state index contributed by atoms with van der Waals surface area (Å²) in [7, 11) is 0. The van der Waals surface area contributed by atoms with E-state index in [2.05, 4.69) is 5.10 Å². The average Bonchev–Trinajstić information content (AvgIpc) is 2.86. The predicted octanol–water partition coefficient (Wildman–Crippen LogP) is 3.89. The molecule has 6 heteroatoms. The lowest BCUT2D eigenvalue weighted by Gasteiger charge is -2.14. The van der Waals surface area contributed by atoms with E-state index in [1.54, 1.807) is 6.07 Å². The molecule has 2 aromatic rings. The van der Waals surface area contributed by atoms with Gasteiger partial charge in [-0.05, 0) is 24.3 Å². The Morgan fingerprint density at radius 2 is 1.81 bits per heavy atom. The van der Waals surface area contributed by atoms with Gasteiger partial charge in [-0.2, -0.15) is 18.3 Å². The molecule has 1 aromatic carbocycles. The van der Waals surface area contributed by atoms with E-state index in [0.717, 1.165) is 16.8 Å². The molecule has 2 rings (SSSR count). The summed E-state index contributed by atoms with van der Waals surface area (Å²) >= 11 is 0. The third-order valence-corrected chi connectivity index (χ3v) is 3.00. The molecule has 0 N–H and O–H groups in total. The Labute approximate surface area is 120 Å². The Hall–Kier alpha value is -2.11. The van der Waals surface area contributed by atoms with Crippen LogP contribution in [0.4, 0.5) is 13.2 Å². The molecular weight excluding hydrogens is 281 g/mol. The first-order valence-corrected chi connectivity index (χ1v) is 6.37. The number of aromatic nitrogens is 2. The van der Waals surface area contributed by atoms with Gasteiger partial charge in [0.1, 0.15) is 0 Å². The van der Waals surface area contributed by atoms with Crippen LogP contribution in [0.3, 0.4) is 0 Å². The van der Waals surface area contributed by atoms with Gasteiger partial charge < -0.3 is 0 Å². The van der Waals surface area contributed by atoms with Crippen molar-refractivity contribution in [3.63, 3.8) is 0 Å². The Kier molecular flexibility index (Phi) is 3.65. The Morgan fingerprint density at radius 3 is 2.33 bits per heavy atom. The number of halogens is 3. The van der Waals surface area contributed by atoms with E-state index in [1.807, 2.05) is 20.8 Å². The minimum Gasteiger partial charge on any atom is -0.267 e. The van der Waals surface area contributed by atoms with Crippen LogP contribution in [0.2, 0.25) is 0 Å². The van der Waals surface area contributed by atoms with Gasteiger partial charge in [0, 0.05) is 17.2 Å². The van der Waals surface area contributed by atoms with Gasteiger partial charge in [-0.15, -0.1) is 0 Å². The van der Waals surface area contributed by atoms with Crippen LogP contribution in [0, 0.1) is 0 Å². The van der Waals surface area contributed by atoms with Crippen molar-refractivity contribution in [2.24, 2.45) is 0 Å². The molecule has 0 saturated heterocycles. The van der Waals surface area contributed by atoms with Crippen molar-refractivity contribution in [2.45, 2.75) is 32.4 Å². The van der Waals surface area contributed by atoms with Gasteiger partial charge in [0.25, 0.3) is 5.91 Å². The second-order valence-corrected chi connectivity index (χ2v) is 5.78. The molecule has 112 valence electrons. The summed E-state index contributed by atoms with van der Waals surface area (Å²) in [5.74, 6) is -0.586. The number of carbonyl (C=O) groups excluding carboxylic acids is 1. The second-order valence-electron chi connectivity index (χ2n) is 5.78. The molecule has 0 aliphatic carbocycles. The molecule has 0 atom stereocenters. The molecular formula is C15H15F3N2O. The number of hydrogen-bond donors (Lipinski definition) is 0. The van der Waals surface area contributed by atoms with Crippen molar-refractivity contribution >= 4 is 5.91 Å². The van der Waals surface area contributed by atoms with Crippen LogP contribution < -0.4 is 0 Å². The number of rotatable bonds is 1. The zero-order valence-corrected chi connectivity index (χ0v) is 11.9. The zero-order valence-electron chi connectivity index (χ0n) is 11.9. The number of carbonyl (C=O) groups is 1. The molecule has 0 amide bonds. The summed E-state index contributed by atoms with van der Waals surface area (Å²) < 4.78 is 39.0. The van der Waals surface area contributed by atoms with Crippen LogP contribution in [0.25, 0.3) is 0 Å². The summed E-state index contributed by atoms with van der Waals surface area (Å²) in [6.07, 6.45) is -3.01. The van der Waals surface area contributed by atoms with Crippen LogP contribution >= 0.6 is 0 Å². The fraction of sp³-hybridized carbons (Fsp3) is 0.333. The monoisotopic (exact) mass is 296 g/mol. The van der Waals surface area contributed by atoms with Gasteiger partial charge in [0.05, 0.1) is 11.3 Å². The Bertz CT molecular complexity index is 666. The number of nitrogens with zero attached hydrogens (tertiary/aromatic N) is 2. The normalized spacial score (nSPS) is 12.5. The van der Waals surface area contributed by atoms with Crippen molar-refractivity contribution in [2.75, 3.05) is 0 Å². The highest BCUT2D eigenvalue weighted by Crippen LogP contribution is 2.29. The second kappa shape index (κ2) is 5.02. The summed E-state index contributed by atoms with van der Waals surface area (Å²) in [5, 5.41) is 4.14. The van der Waals surface area contributed by atoms with Crippen molar-refractivity contribution in [3.05, 3.63) is 53.3 Å². The van der Waals surface area contributed by atoms with Gasteiger partial charge in [-0.1, -0.05) is 26.8 Å². The highest BCUT2D eigenvalue weighted by molar-refractivity contribution is 5.95. The molecule has 0 unspecified atom stereocenters. The number of alkyl halides is 3. The van der Waals surface area contributed by atoms with Crippen molar-refractivity contribution in [1.82, 2.24) is 9.78 Å². The molecule has 21 heavy (non-hydrogen) atoms. The summed E-state index contributed by atoms with van der Waals surface area (Å²) in [6.45, 7) is 5.82. The largest absolute Gasteiger partial charge is 0.416 e. The molecule has 3 nitrogen and oxygen atoms in total. The highest BCUT2D eigenvalue weighted by Gasteiger charge is 2.31. The maximum atomic E-state index is 12.7. The molecule has 0 spiro atoms. The van der Waals surface area contributed by atoms with Crippen molar-refractivity contribution in [3.8, 4) is 0 Å². The van der Waals surface area contributed by atoms with E-state index in [1.165, 1.54) is 18.3 Å². The predicted molar refractivity (Wildman–Crippen MR) is 72.1 cm³/mol. The van der Waals surface area contributed by atoms with Crippen molar-refractivity contribution < 1.29 is 18.0 Å². The minimum absolute atomic E-state index is 0.0478. The summed E-state index contributed by atoms with van der Waals surface area (Å²) in [4.78, 5) is 12.2. The van der Waals surface area contributed by atoms with Gasteiger partial charge in [0.2, 0.25) is 0 Å². The van der Waals surface area contributed by atoms with Crippen LogP contribution in [-0.2, 0) is 11.6 Å². The quantitative estimate of drug-likeness (QED) is 0.800. The molecule has 0 radical (unpaired) electrons. The average molecular weight is 296 g/mol. The van der Waals surface area contributed by atoms with E-state index in [0.29, 0.717) is 5.69 Å². The maximum absolute atomic E-state index is 12.7. The lowest BCUT2D eigenvalue weighted by atomic mass is 9.93. The summed E-state index contributed by atoms with van der Waals surface area (Å²) in [6, 6.07) is 6.01. The van der Waals surface area contributed by atoms with Crippen LogP contribution in [0.15, 0.2) is 36.5 Å². The number of hydrogen-bond acceptors (Lipinski definition) is 2. The molecule has 0 aliphatic rings. The fourth-order valence-electron chi connectivity index (χ4n) is 1.80. The van der Waals surface area contributed by atoms with Crippen LogP contribution in [0.5, 0.6) is 0 Å². The fourth-order valence-corrected chi connectivity index (χ4v) is 1.80. The minimum atomic E-state index is -4.48. The van der Waals surface area contributed by atoms with E-state index >= 15 is 0 Å². The molecule has 0 fully saturated rings. The topological polar surface area (TPSA) is 34.9 Å². The standard InChI is InChI=1S/C15H15F3N2O/c1-14(2,3)12-7-8-20(19-12)13(21)10-5-4-6-11(9-10)15(16,17)18/h4-9H,1-3H3. The number of benzene rings is 1. The third kappa shape index (κ3) is 3.32. The molecule has 1 heterocycles. The lowest BCUT2D eigenvalue weighted by molar-refractivity contribution is -0.137. The van der Waals surface area contributed by atoms with Crippen LogP contribution in [-0.4, -0.2) is 15.7 Å². The molecule has 0 bridgehead atoms. The maximum Gasteiger partial charge on any atom is 0.416 e. The lowest BCUT2D eigenvalue weighted by Crippen LogP contribution is -2.17. The van der Waals surface area contributed by atoms with Gasteiger partial charge in [-0.3, -0.25) is 4.79 Å². The van der Waals surface area contributed by atoms with E-state index in [4.69, 9.17) is 0 Å². The smallest absolute Gasteiger partial charge is 0.267 e. The summed E-state index contributed by atoms with van der Waals surface area (Å²) in [5.41, 5.74) is -0.438.